The molecule has 80 valence electrons. The zero-order chi connectivity index (χ0) is 11.3. The normalized spacial score (nSPS) is 14.0. The second-order valence-electron chi connectivity index (χ2n) is 4.14. The third-order valence-electron chi connectivity index (χ3n) is 3.25. The molecular formula is C12H11N3S. The number of fused-ring (bicyclic) bond motifs is 3. The maximum absolute atomic E-state index is 8.99. The topological polar surface area (TPSA) is 62.7 Å². The largest absolute Gasteiger partial charge is 0.396 e. The Morgan fingerprint density at radius 3 is 2.88 bits per heavy atom. The van der Waals surface area contributed by atoms with Crippen LogP contribution in [-0.4, -0.2) is 4.98 Å². The molecule has 16 heavy (non-hydrogen) atoms. The van der Waals surface area contributed by atoms with E-state index in [-0.39, 0.29) is 0 Å². The molecule has 0 fully saturated rings. The summed E-state index contributed by atoms with van der Waals surface area (Å²) in [6.07, 6.45) is 3.34. The van der Waals surface area contributed by atoms with Crippen LogP contribution in [-0.2, 0) is 12.8 Å². The van der Waals surface area contributed by atoms with E-state index in [1.165, 1.54) is 28.9 Å². The van der Waals surface area contributed by atoms with Gasteiger partial charge >= 0.3 is 0 Å². The van der Waals surface area contributed by atoms with Gasteiger partial charge in [-0.1, -0.05) is 0 Å². The van der Waals surface area contributed by atoms with Crippen LogP contribution in [0.5, 0.6) is 0 Å². The zero-order valence-electron chi connectivity index (χ0n) is 9.00. The minimum absolute atomic E-state index is 0.599. The Morgan fingerprint density at radius 2 is 2.12 bits per heavy atom. The van der Waals surface area contributed by atoms with E-state index < -0.39 is 0 Å². The van der Waals surface area contributed by atoms with E-state index >= 15 is 0 Å². The van der Waals surface area contributed by atoms with Gasteiger partial charge in [-0.05, 0) is 37.3 Å². The highest BCUT2D eigenvalue weighted by molar-refractivity contribution is 7.19. The fraction of sp³-hybridized carbons (Fsp3) is 0.333. The molecule has 0 bridgehead atoms. The van der Waals surface area contributed by atoms with Crippen LogP contribution >= 0.6 is 11.3 Å². The molecule has 0 aliphatic heterocycles. The molecule has 2 aromatic rings. The molecule has 0 unspecified atom stereocenters. The van der Waals surface area contributed by atoms with E-state index in [2.05, 4.69) is 11.1 Å². The highest BCUT2D eigenvalue weighted by atomic mass is 32.1. The number of anilines is 1. The van der Waals surface area contributed by atoms with Crippen LogP contribution in [0, 0.1) is 18.3 Å². The summed E-state index contributed by atoms with van der Waals surface area (Å²) in [4.78, 5) is 6.09. The van der Waals surface area contributed by atoms with E-state index in [0.29, 0.717) is 10.6 Å². The number of thiophene rings is 1. The van der Waals surface area contributed by atoms with Crippen LogP contribution in [0.15, 0.2) is 0 Å². The Morgan fingerprint density at radius 1 is 1.38 bits per heavy atom. The highest BCUT2D eigenvalue weighted by Crippen LogP contribution is 2.39. The SMILES string of the molecule is Cc1nc2sc(C#N)c(N)c2c2c1CCC2. The Bertz CT molecular complexity index is 634. The second kappa shape index (κ2) is 3.19. The maximum Gasteiger partial charge on any atom is 0.130 e. The Kier molecular flexibility index (Phi) is 1.92. The van der Waals surface area contributed by atoms with Crippen molar-refractivity contribution in [2.45, 2.75) is 26.2 Å². The van der Waals surface area contributed by atoms with Gasteiger partial charge in [-0.25, -0.2) is 4.98 Å². The first-order valence-corrected chi connectivity index (χ1v) is 6.14. The molecule has 0 atom stereocenters. The van der Waals surface area contributed by atoms with Gasteiger partial charge < -0.3 is 5.73 Å². The minimum Gasteiger partial charge on any atom is -0.396 e. The summed E-state index contributed by atoms with van der Waals surface area (Å²) in [6.45, 7) is 2.05. The number of nitriles is 1. The fourth-order valence-electron chi connectivity index (χ4n) is 2.52. The molecule has 0 saturated heterocycles. The summed E-state index contributed by atoms with van der Waals surface area (Å²) < 4.78 is 0. The van der Waals surface area contributed by atoms with Crippen molar-refractivity contribution in [1.82, 2.24) is 4.98 Å². The average molecular weight is 229 g/mol. The third kappa shape index (κ3) is 1.09. The molecule has 1 aliphatic rings. The molecule has 0 spiro atoms. The molecule has 1 aliphatic carbocycles. The summed E-state index contributed by atoms with van der Waals surface area (Å²) >= 11 is 1.41. The summed E-state index contributed by atoms with van der Waals surface area (Å²) in [7, 11) is 0. The molecule has 0 radical (unpaired) electrons. The van der Waals surface area contributed by atoms with Crippen molar-refractivity contribution >= 4 is 27.2 Å². The predicted octanol–water partition coefficient (Wildman–Crippen LogP) is 2.55. The summed E-state index contributed by atoms with van der Waals surface area (Å²) in [6, 6.07) is 2.15. The highest BCUT2D eigenvalue weighted by Gasteiger charge is 2.22. The molecule has 2 heterocycles. The molecule has 3 rings (SSSR count). The summed E-state index contributed by atoms with van der Waals surface area (Å²) in [5.41, 5.74) is 10.4. The summed E-state index contributed by atoms with van der Waals surface area (Å²) in [5.74, 6) is 0. The van der Waals surface area contributed by atoms with Crippen molar-refractivity contribution in [3.63, 3.8) is 0 Å². The van der Waals surface area contributed by atoms with Crippen molar-refractivity contribution in [3.8, 4) is 6.07 Å². The number of nitrogens with two attached hydrogens (primary N) is 1. The van der Waals surface area contributed by atoms with Crippen LogP contribution in [0.4, 0.5) is 5.69 Å². The van der Waals surface area contributed by atoms with Gasteiger partial charge in [0.15, 0.2) is 0 Å². The first-order chi connectivity index (χ1) is 7.72. The van der Waals surface area contributed by atoms with Crippen LogP contribution < -0.4 is 5.73 Å². The van der Waals surface area contributed by atoms with Crippen molar-refractivity contribution in [1.29, 1.82) is 5.26 Å². The molecule has 0 aromatic carbocycles. The Labute approximate surface area is 97.5 Å². The number of aryl methyl sites for hydroxylation is 2. The van der Waals surface area contributed by atoms with Crippen molar-refractivity contribution in [3.05, 3.63) is 21.7 Å². The lowest BCUT2D eigenvalue weighted by molar-refractivity contribution is 0.908. The van der Waals surface area contributed by atoms with Gasteiger partial charge in [-0.2, -0.15) is 5.26 Å². The smallest absolute Gasteiger partial charge is 0.130 e. The average Bonchev–Trinajstić information content (AvgIpc) is 2.83. The van der Waals surface area contributed by atoms with Crippen molar-refractivity contribution in [2.75, 3.05) is 5.73 Å². The van der Waals surface area contributed by atoms with Crippen LogP contribution in [0.1, 0.15) is 28.1 Å². The maximum atomic E-state index is 8.99. The van der Waals surface area contributed by atoms with Gasteiger partial charge in [0.1, 0.15) is 15.8 Å². The number of hydrogen-bond acceptors (Lipinski definition) is 4. The fourth-order valence-corrected chi connectivity index (χ4v) is 3.49. The van der Waals surface area contributed by atoms with Gasteiger partial charge in [-0.15, -0.1) is 11.3 Å². The lowest BCUT2D eigenvalue weighted by atomic mass is 10.1. The van der Waals surface area contributed by atoms with Gasteiger partial charge in [0.05, 0.1) is 5.69 Å². The Balaban J connectivity index is 2.48. The van der Waals surface area contributed by atoms with Gasteiger partial charge in [-0.3, -0.25) is 0 Å². The third-order valence-corrected chi connectivity index (χ3v) is 4.26. The monoisotopic (exact) mass is 229 g/mol. The lowest BCUT2D eigenvalue weighted by Gasteiger charge is -2.05. The molecule has 0 saturated carbocycles. The molecule has 3 nitrogen and oxygen atoms in total. The first kappa shape index (κ1) is 9.61. The number of nitrogen functional groups attached to an aromatic ring is 1. The van der Waals surface area contributed by atoms with Gasteiger partial charge in [0.25, 0.3) is 0 Å². The molecule has 4 heteroatoms. The second-order valence-corrected chi connectivity index (χ2v) is 5.14. The minimum atomic E-state index is 0.599. The first-order valence-electron chi connectivity index (χ1n) is 5.32. The van der Waals surface area contributed by atoms with E-state index in [0.717, 1.165) is 28.8 Å². The van der Waals surface area contributed by atoms with Crippen LogP contribution in [0.2, 0.25) is 0 Å². The van der Waals surface area contributed by atoms with E-state index in [1.807, 2.05) is 6.92 Å². The number of nitrogens with zero attached hydrogens (tertiary/aromatic N) is 2. The predicted molar refractivity (Wildman–Crippen MR) is 65.5 cm³/mol. The number of aromatic nitrogens is 1. The Hall–Kier alpha value is -1.60. The van der Waals surface area contributed by atoms with Gasteiger partial charge in [0.2, 0.25) is 0 Å². The zero-order valence-corrected chi connectivity index (χ0v) is 9.82. The van der Waals surface area contributed by atoms with Crippen LogP contribution in [0.25, 0.3) is 10.2 Å². The standard InChI is InChI=1S/C12H11N3S/c1-6-7-3-2-4-8(7)10-11(14)9(5-13)16-12(10)15-6/h2-4,14H2,1H3. The molecule has 2 N–H and O–H groups in total. The number of pyridine rings is 1. The van der Waals surface area contributed by atoms with Crippen molar-refractivity contribution in [2.24, 2.45) is 0 Å². The number of rotatable bonds is 0. The molecule has 2 aromatic heterocycles. The van der Waals surface area contributed by atoms with E-state index in [1.54, 1.807) is 0 Å². The lowest BCUT2D eigenvalue weighted by Crippen LogP contribution is -1.94. The molecular weight excluding hydrogens is 218 g/mol. The summed E-state index contributed by atoms with van der Waals surface area (Å²) in [5, 5.41) is 10.0. The van der Waals surface area contributed by atoms with Crippen LogP contribution in [0.3, 0.4) is 0 Å². The van der Waals surface area contributed by atoms with Gasteiger partial charge in [0, 0.05) is 11.1 Å². The van der Waals surface area contributed by atoms with E-state index in [4.69, 9.17) is 11.0 Å². The van der Waals surface area contributed by atoms with Crippen molar-refractivity contribution < 1.29 is 0 Å². The number of hydrogen-bond donors (Lipinski definition) is 1. The molecule has 0 amide bonds. The van der Waals surface area contributed by atoms with E-state index in [9.17, 15) is 0 Å². The quantitative estimate of drug-likeness (QED) is 0.755.